The fourth-order valence-corrected chi connectivity index (χ4v) is 5.30. The van der Waals surface area contributed by atoms with Gasteiger partial charge in [0.1, 0.15) is 11.6 Å². The zero-order valence-corrected chi connectivity index (χ0v) is 20.5. The van der Waals surface area contributed by atoms with Crippen LogP contribution in [0.3, 0.4) is 0 Å². The van der Waals surface area contributed by atoms with E-state index in [1.807, 2.05) is 43.9 Å². The lowest BCUT2D eigenvalue weighted by molar-refractivity contribution is -0.132. The molecule has 0 spiro atoms. The monoisotopic (exact) mass is 466 g/mol. The first kappa shape index (κ1) is 23.3. The number of carbonyl (C=O) groups excluding carboxylic acids is 2. The summed E-state index contributed by atoms with van der Waals surface area (Å²) in [6.45, 7) is 11.6. The summed E-state index contributed by atoms with van der Waals surface area (Å²) in [5.41, 5.74) is 1.82. The first-order chi connectivity index (χ1) is 15.7. The number of likely N-dealkylation sites (tertiary alicyclic amines) is 1. The number of benzene rings is 1. The number of furan rings is 1. The summed E-state index contributed by atoms with van der Waals surface area (Å²) in [4.78, 5) is 37.1. The molecule has 0 saturated carbocycles. The molecular weight excluding hydrogens is 436 g/mol. The summed E-state index contributed by atoms with van der Waals surface area (Å²) in [6.07, 6.45) is 1.15. The minimum atomic E-state index is -0.352. The molecule has 2 amide bonds. The Kier molecular flexibility index (Phi) is 6.74. The maximum atomic E-state index is 13.1. The second-order valence-corrected chi connectivity index (χ2v) is 10.4. The van der Waals surface area contributed by atoms with Crippen LogP contribution < -0.4 is 5.32 Å². The highest BCUT2D eigenvalue weighted by Crippen LogP contribution is 2.33. The first-order valence-electron chi connectivity index (χ1n) is 11.3. The second-order valence-electron chi connectivity index (χ2n) is 9.09. The molecule has 4 rings (SSSR count). The molecule has 1 aliphatic heterocycles. The molecule has 0 radical (unpaired) electrons. The van der Waals surface area contributed by atoms with Crippen LogP contribution in [0.2, 0.25) is 0 Å². The molecule has 1 aromatic carbocycles. The largest absolute Gasteiger partial charge is 0.443 e. The minimum Gasteiger partial charge on any atom is -0.443 e. The van der Waals surface area contributed by atoms with Gasteiger partial charge in [-0.1, -0.05) is 43.8 Å². The molecular formula is C25H30N4O3S. The Morgan fingerprint density at radius 3 is 2.45 bits per heavy atom. The SMILES string of the molecule is Cc1oc2nc(SC(C)C(=O)N3CC(C)CC(C)C3)nc(NC(=O)c3ccccc3)c2c1C. The number of hydrogen-bond donors (Lipinski definition) is 1. The molecule has 3 heterocycles. The summed E-state index contributed by atoms with van der Waals surface area (Å²) in [5, 5.41) is 3.64. The fourth-order valence-electron chi connectivity index (χ4n) is 4.45. The average Bonchev–Trinajstić information content (AvgIpc) is 3.06. The number of aryl methyl sites for hydroxylation is 2. The molecule has 3 atom stereocenters. The van der Waals surface area contributed by atoms with E-state index in [4.69, 9.17) is 4.42 Å². The smallest absolute Gasteiger partial charge is 0.256 e. The van der Waals surface area contributed by atoms with E-state index in [2.05, 4.69) is 29.1 Å². The van der Waals surface area contributed by atoms with Crippen molar-refractivity contribution in [3.05, 3.63) is 47.2 Å². The molecule has 0 bridgehead atoms. The van der Waals surface area contributed by atoms with Gasteiger partial charge < -0.3 is 14.6 Å². The van der Waals surface area contributed by atoms with Crippen LogP contribution in [-0.4, -0.2) is 45.0 Å². The summed E-state index contributed by atoms with van der Waals surface area (Å²) < 4.78 is 5.84. The van der Waals surface area contributed by atoms with Crippen LogP contribution in [0.15, 0.2) is 39.9 Å². The number of amides is 2. The quantitative estimate of drug-likeness (QED) is 0.417. The van der Waals surface area contributed by atoms with Crippen LogP contribution >= 0.6 is 11.8 Å². The Balaban J connectivity index is 1.60. The van der Waals surface area contributed by atoms with Gasteiger partial charge in [0.05, 0.1) is 10.6 Å². The topological polar surface area (TPSA) is 88.3 Å². The predicted molar refractivity (Wildman–Crippen MR) is 131 cm³/mol. The number of piperidine rings is 1. The van der Waals surface area contributed by atoms with Gasteiger partial charge in [0.15, 0.2) is 5.16 Å². The van der Waals surface area contributed by atoms with Crippen molar-refractivity contribution in [1.29, 1.82) is 0 Å². The van der Waals surface area contributed by atoms with Crippen molar-refractivity contribution in [3.63, 3.8) is 0 Å². The highest BCUT2D eigenvalue weighted by atomic mass is 32.2. The molecule has 33 heavy (non-hydrogen) atoms. The van der Waals surface area contributed by atoms with Gasteiger partial charge in [-0.25, -0.2) is 4.98 Å². The third-order valence-corrected chi connectivity index (χ3v) is 7.04. The molecule has 2 aromatic heterocycles. The average molecular weight is 467 g/mol. The van der Waals surface area contributed by atoms with Gasteiger partial charge in [-0.05, 0) is 51.2 Å². The molecule has 1 saturated heterocycles. The minimum absolute atomic E-state index is 0.0868. The standard InChI is InChI=1S/C25H30N4O3S/c1-14-11-15(2)13-29(12-14)24(31)18(5)33-25-27-21(20-16(3)17(4)32-23(20)28-25)26-22(30)19-9-7-6-8-10-19/h6-10,14-15,18H,11-13H2,1-5H3,(H,26,27,28,30). The van der Waals surface area contributed by atoms with E-state index in [-0.39, 0.29) is 17.1 Å². The van der Waals surface area contributed by atoms with E-state index in [9.17, 15) is 9.59 Å². The van der Waals surface area contributed by atoms with Crippen LogP contribution in [0.5, 0.6) is 0 Å². The van der Waals surface area contributed by atoms with Crippen molar-refractivity contribution >= 4 is 40.5 Å². The van der Waals surface area contributed by atoms with E-state index in [1.54, 1.807) is 12.1 Å². The molecule has 3 unspecified atom stereocenters. The number of hydrogen-bond acceptors (Lipinski definition) is 6. The Bertz CT molecular complexity index is 1170. The lowest BCUT2D eigenvalue weighted by Gasteiger charge is -2.36. The van der Waals surface area contributed by atoms with Crippen LogP contribution in [0.25, 0.3) is 11.1 Å². The molecule has 3 aromatic rings. The number of fused-ring (bicyclic) bond motifs is 1. The second kappa shape index (κ2) is 9.55. The highest BCUT2D eigenvalue weighted by Gasteiger charge is 2.29. The molecule has 0 aliphatic carbocycles. The van der Waals surface area contributed by atoms with Crippen molar-refractivity contribution < 1.29 is 14.0 Å². The summed E-state index contributed by atoms with van der Waals surface area (Å²) >= 11 is 1.29. The summed E-state index contributed by atoms with van der Waals surface area (Å²) in [6, 6.07) is 8.99. The third kappa shape index (κ3) is 5.05. The van der Waals surface area contributed by atoms with Gasteiger partial charge in [0.25, 0.3) is 5.91 Å². The number of aromatic nitrogens is 2. The van der Waals surface area contributed by atoms with Gasteiger partial charge in [-0.15, -0.1) is 0 Å². The van der Waals surface area contributed by atoms with Crippen molar-refractivity contribution in [2.45, 2.75) is 51.4 Å². The Labute approximate surface area is 198 Å². The van der Waals surface area contributed by atoms with Crippen LogP contribution in [0.4, 0.5) is 5.82 Å². The van der Waals surface area contributed by atoms with Crippen molar-refractivity contribution in [2.75, 3.05) is 18.4 Å². The molecule has 174 valence electrons. The molecule has 1 fully saturated rings. The number of carbonyl (C=O) groups is 2. The van der Waals surface area contributed by atoms with Gasteiger partial charge in [-0.3, -0.25) is 9.59 Å². The number of thioether (sulfide) groups is 1. The Morgan fingerprint density at radius 1 is 1.12 bits per heavy atom. The number of rotatable bonds is 5. The number of nitrogens with zero attached hydrogens (tertiary/aromatic N) is 3. The van der Waals surface area contributed by atoms with Crippen LogP contribution in [-0.2, 0) is 4.79 Å². The highest BCUT2D eigenvalue weighted by molar-refractivity contribution is 8.00. The lowest BCUT2D eigenvalue weighted by Crippen LogP contribution is -2.45. The van der Waals surface area contributed by atoms with Crippen molar-refractivity contribution in [2.24, 2.45) is 11.8 Å². The molecule has 1 N–H and O–H groups in total. The van der Waals surface area contributed by atoms with Gasteiger partial charge >= 0.3 is 0 Å². The van der Waals surface area contributed by atoms with Crippen LogP contribution in [0.1, 0.15) is 48.9 Å². The molecule has 1 aliphatic rings. The van der Waals surface area contributed by atoms with Gasteiger partial charge in [0, 0.05) is 24.2 Å². The lowest BCUT2D eigenvalue weighted by atomic mass is 9.92. The van der Waals surface area contributed by atoms with E-state index in [1.165, 1.54) is 11.8 Å². The normalized spacial score (nSPS) is 19.5. The maximum Gasteiger partial charge on any atom is 0.256 e. The third-order valence-electron chi connectivity index (χ3n) is 6.09. The first-order valence-corrected chi connectivity index (χ1v) is 12.2. The zero-order chi connectivity index (χ0) is 23.7. The van der Waals surface area contributed by atoms with E-state index in [0.717, 1.165) is 30.8 Å². The number of anilines is 1. The molecule has 8 heteroatoms. The number of nitrogens with one attached hydrogen (secondary N) is 1. The fraction of sp³-hybridized carbons (Fsp3) is 0.440. The zero-order valence-electron chi connectivity index (χ0n) is 19.7. The van der Waals surface area contributed by atoms with Crippen molar-refractivity contribution in [3.8, 4) is 0 Å². The summed E-state index contributed by atoms with van der Waals surface area (Å²) in [7, 11) is 0. The van der Waals surface area contributed by atoms with Crippen LogP contribution in [0, 0.1) is 25.7 Å². The van der Waals surface area contributed by atoms with E-state index < -0.39 is 0 Å². The Morgan fingerprint density at radius 2 is 1.79 bits per heavy atom. The van der Waals surface area contributed by atoms with Gasteiger partial charge in [-0.2, -0.15) is 4.98 Å². The van der Waals surface area contributed by atoms with E-state index in [0.29, 0.717) is 39.5 Å². The summed E-state index contributed by atoms with van der Waals surface area (Å²) in [5.74, 6) is 1.93. The predicted octanol–water partition coefficient (Wildman–Crippen LogP) is 5.08. The Hall–Kier alpha value is -2.87. The van der Waals surface area contributed by atoms with Gasteiger partial charge in [0.2, 0.25) is 11.6 Å². The molecule has 7 nitrogen and oxygen atoms in total. The van der Waals surface area contributed by atoms with Crippen molar-refractivity contribution in [1.82, 2.24) is 14.9 Å². The van der Waals surface area contributed by atoms with E-state index >= 15 is 0 Å². The maximum absolute atomic E-state index is 13.1.